The Hall–Kier alpha value is -3.19. The lowest BCUT2D eigenvalue weighted by molar-refractivity contribution is 1.33. The van der Waals surface area contributed by atoms with E-state index in [-0.39, 0.29) is 0 Å². The summed E-state index contributed by atoms with van der Waals surface area (Å²) in [5.41, 5.74) is 8.65. The summed E-state index contributed by atoms with van der Waals surface area (Å²) in [4.78, 5) is 4.11. The molecule has 0 bridgehead atoms. The second kappa shape index (κ2) is 6.74. The zero-order chi connectivity index (χ0) is 17.1. The monoisotopic (exact) mass is 321 g/mol. The molecule has 0 atom stereocenters. The molecule has 0 aliphatic carbocycles. The number of hydrogen-bond acceptors (Lipinski definition) is 1. The van der Waals surface area contributed by atoms with Crippen LogP contribution >= 0.6 is 0 Å². The summed E-state index contributed by atoms with van der Waals surface area (Å²) in [5.74, 6) is 0. The van der Waals surface area contributed by atoms with Crippen LogP contribution in [0.15, 0.2) is 97.3 Å². The van der Waals surface area contributed by atoms with Crippen molar-refractivity contribution in [2.24, 2.45) is 0 Å². The molecule has 0 spiro atoms. The molecule has 25 heavy (non-hydrogen) atoms. The van der Waals surface area contributed by atoms with Crippen LogP contribution in [0.1, 0.15) is 5.56 Å². The Balaban J connectivity index is 1.71. The summed E-state index contributed by atoms with van der Waals surface area (Å²) < 4.78 is 0. The van der Waals surface area contributed by atoms with Gasteiger partial charge in [0.1, 0.15) is 0 Å². The van der Waals surface area contributed by atoms with E-state index in [0.29, 0.717) is 0 Å². The van der Waals surface area contributed by atoms with E-state index < -0.39 is 0 Å². The highest BCUT2D eigenvalue weighted by molar-refractivity contribution is 5.75. The van der Waals surface area contributed by atoms with E-state index in [1.807, 2.05) is 18.5 Å². The Morgan fingerprint density at radius 3 is 1.56 bits per heavy atom. The lowest BCUT2D eigenvalue weighted by Crippen LogP contribution is -1.85. The van der Waals surface area contributed by atoms with Gasteiger partial charge in [-0.2, -0.15) is 0 Å². The molecule has 4 aromatic rings. The van der Waals surface area contributed by atoms with E-state index in [1.54, 1.807) is 0 Å². The Morgan fingerprint density at radius 2 is 0.960 bits per heavy atom. The van der Waals surface area contributed by atoms with Crippen LogP contribution in [0, 0.1) is 6.92 Å². The van der Waals surface area contributed by atoms with Gasteiger partial charge in [0.25, 0.3) is 0 Å². The number of pyridine rings is 1. The molecule has 0 saturated heterocycles. The van der Waals surface area contributed by atoms with Crippen LogP contribution in [0.25, 0.3) is 33.4 Å². The van der Waals surface area contributed by atoms with Gasteiger partial charge >= 0.3 is 0 Å². The number of aryl methyl sites for hydroxylation is 1. The molecule has 0 amide bonds. The van der Waals surface area contributed by atoms with Gasteiger partial charge in [-0.3, -0.25) is 4.98 Å². The zero-order valence-corrected chi connectivity index (χ0v) is 14.2. The van der Waals surface area contributed by atoms with Crippen molar-refractivity contribution in [1.29, 1.82) is 0 Å². The van der Waals surface area contributed by atoms with Crippen molar-refractivity contribution in [3.63, 3.8) is 0 Å². The lowest BCUT2D eigenvalue weighted by atomic mass is 9.95. The summed E-state index contributed by atoms with van der Waals surface area (Å²) in [7, 11) is 0. The third-order valence-corrected chi connectivity index (χ3v) is 4.42. The van der Waals surface area contributed by atoms with E-state index in [1.165, 1.54) is 38.9 Å². The molecule has 0 saturated carbocycles. The van der Waals surface area contributed by atoms with Crippen molar-refractivity contribution >= 4 is 0 Å². The minimum atomic E-state index is 1.20. The van der Waals surface area contributed by atoms with Crippen molar-refractivity contribution in [2.45, 2.75) is 6.92 Å². The predicted octanol–water partition coefficient (Wildman–Crippen LogP) is 6.39. The molecular formula is C24H19N. The maximum atomic E-state index is 4.11. The van der Waals surface area contributed by atoms with Crippen molar-refractivity contribution < 1.29 is 0 Å². The number of rotatable bonds is 3. The normalized spacial score (nSPS) is 10.6. The Labute approximate surface area is 148 Å². The Bertz CT molecular complexity index is 971. The van der Waals surface area contributed by atoms with E-state index in [4.69, 9.17) is 0 Å². The molecule has 0 aliphatic rings. The van der Waals surface area contributed by atoms with Crippen molar-refractivity contribution in [3.8, 4) is 33.4 Å². The van der Waals surface area contributed by atoms with Crippen molar-refractivity contribution in [1.82, 2.24) is 4.98 Å². The Kier molecular flexibility index (Phi) is 4.14. The summed E-state index contributed by atoms with van der Waals surface area (Å²) >= 11 is 0. The topological polar surface area (TPSA) is 12.9 Å². The first kappa shape index (κ1) is 15.3. The molecule has 0 fully saturated rings. The standard InChI is InChI=1S/C24H19N/c1-18-15-23(17-24(16-18)22-11-13-25-14-12-22)21-9-7-20(8-10-21)19-5-3-2-4-6-19/h2-17H,1H3. The van der Waals surface area contributed by atoms with Crippen LogP contribution in [0.4, 0.5) is 0 Å². The average Bonchev–Trinajstić information content (AvgIpc) is 2.69. The highest BCUT2D eigenvalue weighted by atomic mass is 14.6. The fourth-order valence-corrected chi connectivity index (χ4v) is 3.15. The third kappa shape index (κ3) is 3.36. The van der Waals surface area contributed by atoms with Crippen LogP contribution in [-0.2, 0) is 0 Å². The van der Waals surface area contributed by atoms with Gasteiger partial charge in [-0.1, -0.05) is 66.7 Å². The first-order valence-electron chi connectivity index (χ1n) is 8.47. The number of aromatic nitrogens is 1. The highest BCUT2D eigenvalue weighted by Crippen LogP contribution is 2.29. The molecule has 1 heteroatoms. The Morgan fingerprint density at radius 1 is 0.480 bits per heavy atom. The molecule has 0 radical (unpaired) electrons. The zero-order valence-electron chi connectivity index (χ0n) is 14.2. The molecule has 3 aromatic carbocycles. The molecule has 1 nitrogen and oxygen atoms in total. The first-order chi connectivity index (χ1) is 12.3. The van der Waals surface area contributed by atoms with Crippen molar-refractivity contribution in [2.75, 3.05) is 0 Å². The SMILES string of the molecule is Cc1cc(-c2ccncc2)cc(-c2ccc(-c3ccccc3)cc2)c1. The molecule has 120 valence electrons. The minimum Gasteiger partial charge on any atom is -0.265 e. The summed E-state index contributed by atoms with van der Waals surface area (Å²) in [6, 6.07) is 30.1. The molecule has 1 heterocycles. The fraction of sp³-hybridized carbons (Fsp3) is 0.0417. The van der Waals surface area contributed by atoms with Crippen LogP contribution in [0.5, 0.6) is 0 Å². The second-order valence-electron chi connectivity index (χ2n) is 6.27. The number of nitrogens with zero attached hydrogens (tertiary/aromatic N) is 1. The molecule has 0 N–H and O–H groups in total. The molecule has 1 aromatic heterocycles. The third-order valence-electron chi connectivity index (χ3n) is 4.42. The molecule has 0 unspecified atom stereocenters. The summed E-state index contributed by atoms with van der Waals surface area (Å²) in [6.45, 7) is 2.15. The van der Waals surface area contributed by atoms with Crippen LogP contribution in [0.3, 0.4) is 0 Å². The quantitative estimate of drug-likeness (QED) is 0.426. The van der Waals surface area contributed by atoms with Gasteiger partial charge in [-0.05, 0) is 64.1 Å². The van der Waals surface area contributed by atoms with Crippen molar-refractivity contribution in [3.05, 3.63) is 103 Å². The van der Waals surface area contributed by atoms with E-state index >= 15 is 0 Å². The van der Waals surface area contributed by atoms with Gasteiger partial charge < -0.3 is 0 Å². The maximum absolute atomic E-state index is 4.11. The van der Waals surface area contributed by atoms with E-state index in [0.717, 1.165) is 0 Å². The molecule has 0 aliphatic heterocycles. The van der Waals surface area contributed by atoms with Crippen LogP contribution < -0.4 is 0 Å². The lowest BCUT2D eigenvalue weighted by Gasteiger charge is -2.09. The van der Waals surface area contributed by atoms with Crippen LogP contribution in [-0.4, -0.2) is 4.98 Å². The largest absolute Gasteiger partial charge is 0.265 e. The van der Waals surface area contributed by atoms with Gasteiger partial charge in [0.2, 0.25) is 0 Å². The van der Waals surface area contributed by atoms with Gasteiger partial charge in [0.15, 0.2) is 0 Å². The molecule has 4 rings (SSSR count). The molecular weight excluding hydrogens is 302 g/mol. The van der Waals surface area contributed by atoms with Crippen LogP contribution in [0.2, 0.25) is 0 Å². The summed E-state index contributed by atoms with van der Waals surface area (Å²) in [5, 5.41) is 0. The van der Waals surface area contributed by atoms with Gasteiger partial charge in [0, 0.05) is 12.4 Å². The maximum Gasteiger partial charge on any atom is 0.0273 e. The van der Waals surface area contributed by atoms with E-state index in [2.05, 4.69) is 90.8 Å². The fourth-order valence-electron chi connectivity index (χ4n) is 3.15. The second-order valence-corrected chi connectivity index (χ2v) is 6.27. The van der Waals surface area contributed by atoms with Gasteiger partial charge in [0.05, 0.1) is 0 Å². The highest BCUT2D eigenvalue weighted by Gasteiger charge is 2.04. The minimum absolute atomic E-state index is 1.20. The predicted molar refractivity (Wildman–Crippen MR) is 105 cm³/mol. The smallest absolute Gasteiger partial charge is 0.0273 e. The average molecular weight is 321 g/mol. The number of hydrogen-bond donors (Lipinski definition) is 0. The van der Waals surface area contributed by atoms with Gasteiger partial charge in [-0.25, -0.2) is 0 Å². The van der Waals surface area contributed by atoms with Gasteiger partial charge in [-0.15, -0.1) is 0 Å². The summed E-state index contributed by atoms with van der Waals surface area (Å²) in [6.07, 6.45) is 3.68. The number of benzene rings is 3. The van der Waals surface area contributed by atoms with E-state index in [9.17, 15) is 0 Å². The first-order valence-corrected chi connectivity index (χ1v) is 8.47.